The van der Waals surface area contributed by atoms with Gasteiger partial charge in [-0.05, 0) is 38.1 Å². The Kier molecular flexibility index (Phi) is 4.82. The molecule has 86 valence electrons. The fraction of sp³-hybridized carbons (Fsp3) is 0.750. The molecule has 15 heavy (non-hydrogen) atoms. The zero-order valence-corrected chi connectivity index (χ0v) is 9.88. The molecule has 1 aliphatic rings. The highest BCUT2D eigenvalue weighted by Crippen LogP contribution is 2.26. The first-order valence-corrected chi connectivity index (χ1v) is 5.56. The maximum atomic E-state index is 10.9. The van der Waals surface area contributed by atoms with Crippen LogP contribution in [0.2, 0.25) is 0 Å². The lowest BCUT2D eigenvalue weighted by Gasteiger charge is -2.25. The van der Waals surface area contributed by atoms with Crippen LogP contribution in [0.25, 0.3) is 0 Å². The molecular formula is C12H21NO2. The first kappa shape index (κ1) is 12.2. The molecule has 0 spiro atoms. The molecule has 3 nitrogen and oxygen atoms in total. The Labute approximate surface area is 91.9 Å². The zero-order chi connectivity index (χ0) is 11.3. The van der Waals surface area contributed by atoms with Crippen LogP contribution in [0.3, 0.4) is 0 Å². The van der Waals surface area contributed by atoms with Gasteiger partial charge in [0.25, 0.3) is 0 Å². The van der Waals surface area contributed by atoms with Gasteiger partial charge >= 0.3 is 5.97 Å². The lowest BCUT2D eigenvalue weighted by molar-refractivity contribution is -0.139. The van der Waals surface area contributed by atoms with Crippen LogP contribution in [0.15, 0.2) is 11.6 Å². The lowest BCUT2D eigenvalue weighted by atomic mass is 9.84. The van der Waals surface area contributed by atoms with Crippen molar-refractivity contribution in [3.05, 3.63) is 11.6 Å². The average Bonchev–Trinajstić information content (AvgIpc) is 2.16. The standard InChI is InChI=1S/C12H21NO2/c1-9-4-10(2)6-11(5-9)7-13-8-12(14)15-3/h4,9,11,13H,5-8H2,1-3H3. The fourth-order valence-electron chi connectivity index (χ4n) is 2.29. The highest BCUT2D eigenvalue weighted by atomic mass is 16.5. The number of carbonyl (C=O) groups is 1. The van der Waals surface area contributed by atoms with Crippen LogP contribution >= 0.6 is 0 Å². The third-order valence-corrected chi connectivity index (χ3v) is 2.81. The summed E-state index contributed by atoms with van der Waals surface area (Å²) in [7, 11) is 1.42. The largest absolute Gasteiger partial charge is 0.468 e. The summed E-state index contributed by atoms with van der Waals surface area (Å²) in [6, 6.07) is 0. The molecule has 2 unspecified atom stereocenters. The number of nitrogens with one attached hydrogen (secondary N) is 1. The smallest absolute Gasteiger partial charge is 0.319 e. The summed E-state index contributed by atoms with van der Waals surface area (Å²) in [6.07, 6.45) is 4.71. The molecule has 0 aliphatic heterocycles. The van der Waals surface area contributed by atoms with E-state index < -0.39 is 0 Å². The molecule has 0 saturated carbocycles. The molecule has 0 bridgehead atoms. The number of hydrogen-bond donors (Lipinski definition) is 1. The Morgan fingerprint density at radius 3 is 3.00 bits per heavy atom. The Morgan fingerprint density at radius 2 is 2.40 bits per heavy atom. The Morgan fingerprint density at radius 1 is 1.67 bits per heavy atom. The molecule has 1 N–H and O–H groups in total. The van der Waals surface area contributed by atoms with Crippen LogP contribution in [0.1, 0.15) is 26.7 Å². The summed E-state index contributed by atoms with van der Waals surface area (Å²) >= 11 is 0. The maximum absolute atomic E-state index is 10.9. The van der Waals surface area contributed by atoms with Gasteiger partial charge in [-0.3, -0.25) is 4.79 Å². The van der Waals surface area contributed by atoms with E-state index in [1.165, 1.54) is 19.1 Å². The topological polar surface area (TPSA) is 38.3 Å². The van der Waals surface area contributed by atoms with Crippen molar-refractivity contribution in [3.8, 4) is 0 Å². The van der Waals surface area contributed by atoms with Gasteiger partial charge in [0, 0.05) is 0 Å². The van der Waals surface area contributed by atoms with E-state index in [9.17, 15) is 4.79 Å². The third-order valence-electron chi connectivity index (χ3n) is 2.81. The van der Waals surface area contributed by atoms with Crippen LogP contribution in [-0.2, 0) is 9.53 Å². The molecule has 0 amide bonds. The first-order chi connectivity index (χ1) is 7.11. The molecular weight excluding hydrogens is 190 g/mol. The third kappa shape index (κ3) is 4.47. The van der Waals surface area contributed by atoms with E-state index in [0.717, 1.165) is 13.0 Å². The van der Waals surface area contributed by atoms with Crippen LogP contribution in [0.4, 0.5) is 0 Å². The van der Waals surface area contributed by atoms with Crippen molar-refractivity contribution in [1.29, 1.82) is 0 Å². The quantitative estimate of drug-likeness (QED) is 0.568. The Bertz CT molecular complexity index is 248. The first-order valence-electron chi connectivity index (χ1n) is 5.56. The van der Waals surface area contributed by atoms with Crippen molar-refractivity contribution in [2.24, 2.45) is 11.8 Å². The summed E-state index contributed by atoms with van der Waals surface area (Å²) in [5.74, 6) is 1.14. The lowest BCUT2D eigenvalue weighted by Crippen LogP contribution is -2.30. The molecule has 0 aromatic carbocycles. The monoisotopic (exact) mass is 211 g/mol. The van der Waals surface area contributed by atoms with E-state index >= 15 is 0 Å². The molecule has 0 heterocycles. The van der Waals surface area contributed by atoms with Gasteiger partial charge in [-0.25, -0.2) is 0 Å². The molecule has 0 saturated heterocycles. The summed E-state index contributed by atoms with van der Waals surface area (Å²) in [6.45, 7) is 5.66. The average molecular weight is 211 g/mol. The highest BCUT2D eigenvalue weighted by Gasteiger charge is 2.17. The molecule has 0 radical (unpaired) electrons. The summed E-state index contributed by atoms with van der Waals surface area (Å²) < 4.78 is 4.57. The van der Waals surface area contributed by atoms with Crippen LogP contribution in [0, 0.1) is 11.8 Å². The minimum absolute atomic E-state index is 0.189. The van der Waals surface area contributed by atoms with E-state index in [0.29, 0.717) is 18.4 Å². The van der Waals surface area contributed by atoms with E-state index in [-0.39, 0.29) is 5.97 Å². The van der Waals surface area contributed by atoms with Gasteiger partial charge in [-0.1, -0.05) is 18.6 Å². The van der Waals surface area contributed by atoms with Crippen molar-refractivity contribution in [1.82, 2.24) is 5.32 Å². The molecule has 0 aromatic rings. The predicted molar refractivity (Wildman–Crippen MR) is 60.5 cm³/mol. The van der Waals surface area contributed by atoms with Gasteiger partial charge in [-0.15, -0.1) is 0 Å². The molecule has 1 aliphatic carbocycles. The minimum Gasteiger partial charge on any atom is -0.468 e. The van der Waals surface area contributed by atoms with Gasteiger partial charge < -0.3 is 10.1 Å². The van der Waals surface area contributed by atoms with E-state index in [1.807, 2.05) is 0 Å². The Balaban J connectivity index is 2.23. The molecule has 3 heteroatoms. The Hall–Kier alpha value is -0.830. The van der Waals surface area contributed by atoms with Crippen LogP contribution in [0.5, 0.6) is 0 Å². The minimum atomic E-state index is -0.189. The van der Waals surface area contributed by atoms with Crippen LogP contribution < -0.4 is 5.32 Å². The highest BCUT2D eigenvalue weighted by molar-refractivity contribution is 5.71. The maximum Gasteiger partial charge on any atom is 0.319 e. The van der Waals surface area contributed by atoms with E-state index in [2.05, 4.69) is 30.0 Å². The van der Waals surface area contributed by atoms with Gasteiger partial charge in [0.2, 0.25) is 0 Å². The number of ether oxygens (including phenoxy) is 1. The molecule has 2 atom stereocenters. The van der Waals surface area contributed by atoms with E-state index in [1.54, 1.807) is 0 Å². The molecule has 0 fully saturated rings. The summed E-state index contributed by atoms with van der Waals surface area (Å²) in [4.78, 5) is 10.9. The number of hydrogen-bond acceptors (Lipinski definition) is 3. The van der Waals surface area contributed by atoms with Gasteiger partial charge in [0.1, 0.15) is 0 Å². The van der Waals surface area contributed by atoms with E-state index in [4.69, 9.17) is 0 Å². The van der Waals surface area contributed by atoms with Crippen LogP contribution in [-0.4, -0.2) is 26.2 Å². The van der Waals surface area contributed by atoms with Crippen molar-refractivity contribution in [2.45, 2.75) is 26.7 Å². The fourth-order valence-corrected chi connectivity index (χ4v) is 2.29. The van der Waals surface area contributed by atoms with Crippen molar-refractivity contribution in [3.63, 3.8) is 0 Å². The van der Waals surface area contributed by atoms with Gasteiger partial charge in [0.15, 0.2) is 0 Å². The summed E-state index contributed by atoms with van der Waals surface area (Å²) in [5.41, 5.74) is 1.47. The SMILES string of the molecule is COC(=O)CNCC1CC(C)=CC(C)C1. The van der Waals surface area contributed by atoms with Crippen molar-refractivity contribution >= 4 is 5.97 Å². The number of esters is 1. The normalized spacial score (nSPS) is 25.9. The second kappa shape index (κ2) is 5.91. The number of rotatable bonds is 4. The van der Waals surface area contributed by atoms with Gasteiger partial charge in [-0.2, -0.15) is 0 Å². The van der Waals surface area contributed by atoms with Crippen molar-refractivity contribution < 1.29 is 9.53 Å². The molecule has 0 aromatic heterocycles. The second-order valence-corrected chi connectivity index (χ2v) is 4.50. The number of allylic oxidation sites excluding steroid dienone is 2. The second-order valence-electron chi connectivity index (χ2n) is 4.50. The molecule has 1 rings (SSSR count). The zero-order valence-electron chi connectivity index (χ0n) is 9.88. The number of methoxy groups -OCH3 is 1. The van der Waals surface area contributed by atoms with Crippen molar-refractivity contribution in [2.75, 3.05) is 20.2 Å². The van der Waals surface area contributed by atoms with Gasteiger partial charge in [0.05, 0.1) is 13.7 Å². The predicted octanol–water partition coefficient (Wildman–Crippen LogP) is 1.74. The number of carbonyl (C=O) groups excluding carboxylic acids is 1. The summed E-state index contributed by atoms with van der Waals surface area (Å²) in [5, 5.41) is 3.15.